The van der Waals surface area contributed by atoms with Crippen LogP contribution in [0, 0.1) is 11.8 Å². The van der Waals surface area contributed by atoms with Crippen LogP contribution in [0.5, 0.6) is 0 Å². The van der Waals surface area contributed by atoms with Gasteiger partial charge in [-0.15, -0.1) is 0 Å². The van der Waals surface area contributed by atoms with Gasteiger partial charge in [0, 0.05) is 19.3 Å². The average Bonchev–Trinajstić information content (AvgIpc) is 2.99. The molecule has 2 unspecified atom stereocenters. The Morgan fingerprint density at radius 3 is 2.47 bits per heavy atom. The predicted octanol–water partition coefficient (Wildman–Crippen LogP) is 0.788. The molecule has 6 nitrogen and oxygen atoms in total. The SMILES string of the molecule is NNc1ccc(S(=O)(=O)N2CC3CCCC3C2)cn1. The van der Waals surface area contributed by atoms with E-state index >= 15 is 0 Å². The van der Waals surface area contributed by atoms with Gasteiger partial charge in [-0.1, -0.05) is 6.42 Å². The number of sulfonamides is 1. The first-order valence-electron chi connectivity index (χ1n) is 6.54. The zero-order valence-corrected chi connectivity index (χ0v) is 11.4. The van der Waals surface area contributed by atoms with Gasteiger partial charge < -0.3 is 5.43 Å². The van der Waals surface area contributed by atoms with E-state index in [-0.39, 0.29) is 4.90 Å². The van der Waals surface area contributed by atoms with Crippen molar-refractivity contribution in [1.29, 1.82) is 0 Å². The number of hydrazine groups is 1. The molecule has 2 atom stereocenters. The highest BCUT2D eigenvalue weighted by Gasteiger charge is 2.41. The van der Waals surface area contributed by atoms with Crippen LogP contribution in [0.15, 0.2) is 23.2 Å². The van der Waals surface area contributed by atoms with Crippen molar-refractivity contribution in [2.24, 2.45) is 17.7 Å². The number of nitrogen functional groups attached to an aromatic ring is 1. The first-order chi connectivity index (χ1) is 9.11. The van der Waals surface area contributed by atoms with Gasteiger partial charge in [0.15, 0.2) is 0 Å². The van der Waals surface area contributed by atoms with Gasteiger partial charge in [-0.2, -0.15) is 4.31 Å². The van der Waals surface area contributed by atoms with Crippen LogP contribution in [0.25, 0.3) is 0 Å². The monoisotopic (exact) mass is 282 g/mol. The van der Waals surface area contributed by atoms with Gasteiger partial charge in [0.25, 0.3) is 0 Å². The van der Waals surface area contributed by atoms with Crippen LogP contribution < -0.4 is 11.3 Å². The molecule has 3 N–H and O–H groups in total. The second-order valence-electron chi connectivity index (χ2n) is 5.30. The molecule has 104 valence electrons. The van der Waals surface area contributed by atoms with Crippen molar-refractivity contribution in [2.75, 3.05) is 18.5 Å². The van der Waals surface area contributed by atoms with Crippen LogP contribution in [-0.4, -0.2) is 30.8 Å². The van der Waals surface area contributed by atoms with Crippen LogP contribution in [-0.2, 0) is 10.0 Å². The average molecular weight is 282 g/mol. The maximum atomic E-state index is 12.5. The van der Waals surface area contributed by atoms with Crippen LogP contribution in [0.1, 0.15) is 19.3 Å². The van der Waals surface area contributed by atoms with E-state index in [1.165, 1.54) is 12.6 Å². The lowest BCUT2D eigenvalue weighted by Gasteiger charge is -2.17. The Labute approximate surface area is 113 Å². The van der Waals surface area contributed by atoms with Crippen LogP contribution in [0.4, 0.5) is 5.82 Å². The fourth-order valence-electron chi connectivity index (χ4n) is 3.16. The highest BCUT2D eigenvalue weighted by atomic mass is 32.2. The highest BCUT2D eigenvalue weighted by Crippen LogP contribution is 2.39. The second kappa shape index (κ2) is 4.73. The van der Waals surface area contributed by atoms with E-state index < -0.39 is 10.0 Å². The topological polar surface area (TPSA) is 88.3 Å². The second-order valence-corrected chi connectivity index (χ2v) is 7.23. The van der Waals surface area contributed by atoms with Crippen molar-refractivity contribution < 1.29 is 8.42 Å². The van der Waals surface area contributed by atoms with Crippen molar-refractivity contribution in [3.63, 3.8) is 0 Å². The third-order valence-electron chi connectivity index (χ3n) is 4.21. The van der Waals surface area contributed by atoms with E-state index in [4.69, 9.17) is 5.84 Å². The van der Waals surface area contributed by atoms with Crippen LogP contribution in [0.3, 0.4) is 0 Å². The molecule has 0 spiro atoms. The third-order valence-corrected chi connectivity index (χ3v) is 6.03. The Balaban J connectivity index is 1.82. The van der Waals surface area contributed by atoms with Gasteiger partial charge in [-0.3, -0.25) is 0 Å². The standard InChI is InChI=1S/C12H18N4O2S/c13-15-12-5-4-11(6-14-12)19(17,18)16-7-9-2-1-3-10(9)8-16/h4-6,9-10H,1-3,7-8,13H2,(H,14,15). The van der Waals surface area contributed by atoms with E-state index in [0.29, 0.717) is 30.7 Å². The summed E-state index contributed by atoms with van der Waals surface area (Å²) in [6, 6.07) is 3.12. The van der Waals surface area contributed by atoms with Gasteiger partial charge in [-0.25, -0.2) is 19.2 Å². The number of nitrogens with zero attached hydrogens (tertiary/aromatic N) is 2. The summed E-state index contributed by atoms with van der Waals surface area (Å²) in [4.78, 5) is 4.21. The summed E-state index contributed by atoms with van der Waals surface area (Å²) < 4.78 is 26.6. The summed E-state index contributed by atoms with van der Waals surface area (Å²) in [5.41, 5.74) is 2.39. The van der Waals surface area contributed by atoms with Gasteiger partial charge in [0.1, 0.15) is 10.7 Å². The summed E-state index contributed by atoms with van der Waals surface area (Å²) in [5.74, 6) is 6.77. The minimum atomic E-state index is -3.40. The number of anilines is 1. The molecule has 1 aliphatic heterocycles. The summed E-state index contributed by atoms with van der Waals surface area (Å²) in [7, 11) is -3.40. The molecule has 2 fully saturated rings. The lowest BCUT2D eigenvalue weighted by Crippen LogP contribution is -2.29. The van der Waals surface area contributed by atoms with Gasteiger partial charge in [0.2, 0.25) is 10.0 Å². The number of aromatic nitrogens is 1. The van der Waals surface area contributed by atoms with Crippen molar-refractivity contribution in [1.82, 2.24) is 9.29 Å². The molecule has 1 saturated carbocycles. The van der Waals surface area contributed by atoms with E-state index in [0.717, 1.165) is 12.8 Å². The maximum Gasteiger partial charge on any atom is 0.244 e. The molecule has 1 aromatic heterocycles. The minimum Gasteiger partial charge on any atom is -0.308 e. The Morgan fingerprint density at radius 2 is 1.95 bits per heavy atom. The molecule has 3 rings (SSSR count). The van der Waals surface area contributed by atoms with Crippen molar-refractivity contribution in [3.05, 3.63) is 18.3 Å². The molecule has 0 aromatic carbocycles. The normalized spacial score (nSPS) is 27.4. The number of rotatable bonds is 3. The van der Waals surface area contributed by atoms with Crippen molar-refractivity contribution in [2.45, 2.75) is 24.2 Å². The molecular formula is C12H18N4O2S. The number of nitrogens with two attached hydrogens (primary N) is 1. The quantitative estimate of drug-likeness (QED) is 0.632. The maximum absolute atomic E-state index is 12.5. The van der Waals surface area contributed by atoms with E-state index in [2.05, 4.69) is 10.4 Å². The molecule has 2 aliphatic rings. The molecule has 0 bridgehead atoms. The lowest BCUT2D eigenvalue weighted by molar-refractivity contribution is 0.445. The first kappa shape index (κ1) is 12.8. The molecule has 19 heavy (non-hydrogen) atoms. The van der Waals surface area contributed by atoms with E-state index in [1.54, 1.807) is 16.4 Å². The predicted molar refractivity (Wildman–Crippen MR) is 71.6 cm³/mol. The highest BCUT2D eigenvalue weighted by molar-refractivity contribution is 7.89. The van der Waals surface area contributed by atoms with E-state index in [1.807, 2.05) is 0 Å². The largest absolute Gasteiger partial charge is 0.308 e. The summed E-state index contributed by atoms with van der Waals surface area (Å²) in [5, 5.41) is 0. The molecule has 0 amide bonds. The molecule has 7 heteroatoms. The summed E-state index contributed by atoms with van der Waals surface area (Å²) in [6.45, 7) is 1.31. The zero-order valence-electron chi connectivity index (χ0n) is 10.6. The van der Waals surface area contributed by atoms with Crippen molar-refractivity contribution in [3.8, 4) is 0 Å². The van der Waals surface area contributed by atoms with Crippen LogP contribution in [0.2, 0.25) is 0 Å². The molecule has 1 saturated heterocycles. The summed E-state index contributed by atoms with van der Waals surface area (Å²) in [6.07, 6.45) is 4.91. The number of hydrogen-bond acceptors (Lipinski definition) is 5. The summed E-state index contributed by atoms with van der Waals surface area (Å²) >= 11 is 0. The lowest BCUT2D eigenvalue weighted by atomic mass is 10.0. The molecular weight excluding hydrogens is 264 g/mol. The van der Waals surface area contributed by atoms with Gasteiger partial charge in [-0.05, 0) is 36.8 Å². The smallest absolute Gasteiger partial charge is 0.244 e. The molecule has 0 radical (unpaired) electrons. The Kier molecular flexibility index (Phi) is 3.20. The number of nitrogens with one attached hydrogen (secondary N) is 1. The minimum absolute atomic E-state index is 0.242. The first-order valence-corrected chi connectivity index (χ1v) is 7.98. The van der Waals surface area contributed by atoms with Crippen LogP contribution >= 0.6 is 0 Å². The Hall–Kier alpha value is -1.18. The number of hydrogen-bond donors (Lipinski definition) is 2. The molecule has 2 heterocycles. The molecule has 1 aromatic rings. The zero-order chi connectivity index (χ0) is 13.5. The fourth-order valence-corrected chi connectivity index (χ4v) is 4.66. The van der Waals surface area contributed by atoms with E-state index in [9.17, 15) is 8.42 Å². The Bertz CT molecular complexity index is 546. The van der Waals surface area contributed by atoms with Crippen molar-refractivity contribution >= 4 is 15.8 Å². The van der Waals surface area contributed by atoms with Gasteiger partial charge in [0.05, 0.1) is 0 Å². The number of fused-ring (bicyclic) bond motifs is 1. The Morgan fingerprint density at radius 1 is 1.26 bits per heavy atom. The molecule has 1 aliphatic carbocycles. The van der Waals surface area contributed by atoms with Gasteiger partial charge >= 0.3 is 0 Å². The third kappa shape index (κ3) is 2.22. The fraction of sp³-hybridized carbons (Fsp3) is 0.583. The number of pyridine rings is 1.